The molecule has 0 atom stereocenters. The molecule has 0 amide bonds. The molecule has 0 saturated carbocycles. The fraction of sp³-hybridized carbons (Fsp3) is 0.0769. The van der Waals surface area contributed by atoms with Gasteiger partial charge in [0.05, 0.1) is 6.42 Å². The summed E-state index contributed by atoms with van der Waals surface area (Å²) in [6.45, 7) is 0. The third kappa shape index (κ3) is 2.82. The minimum atomic E-state index is -0.881. The molecule has 0 saturated heterocycles. The first-order valence-electron chi connectivity index (χ1n) is 5.08. The zero-order chi connectivity index (χ0) is 12.3. The molecule has 1 N–H and O–H groups in total. The highest BCUT2D eigenvalue weighted by atomic mass is 35.5. The first-order chi connectivity index (χ1) is 8.16. The molecule has 1 aromatic heterocycles. The number of aliphatic carboxylic acids is 1. The summed E-state index contributed by atoms with van der Waals surface area (Å²) in [7, 11) is 0. The standard InChI is InChI=1S/C13H10ClNO2/c14-13-11(10-4-2-1-3-5-10)6-9(8-15-13)7-12(16)17/h1-6,8H,7H2,(H,16,17). The van der Waals surface area contributed by atoms with Gasteiger partial charge in [-0.2, -0.15) is 0 Å². The SMILES string of the molecule is O=C(O)Cc1cnc(Cl)c(-c2ccccc2)c1. The number of hydrogen-bond donors (Lipinski definition) is 1. The van der Waals surface area contributed by atoms with Crippen LogP contribution >= 0.6 is 11.6 Å². The maximum atomic E-state index is 10.6. The van der Waals surface area contributed by atoms with Gasteiger partial charge in [0.2, 0.25) is 0 Å². The fourth-order valence-corrected chi connectivity index (χ4v) is 1.80. The van der Waals surface area contributed by atoms with Crippen molar-refractivity contribution in [2.24, 2.45) is 0 Å². The van der Waals surface area contributed by atoms with Gasteiger partial charge in [0.25, 0.3) is 0 Å². The topological polar surface area (TPSA) is 50.2 Å². The molecule has 0 bridgehead atoms. The summed E-state index contributed by atoms with van der Waals surface area (Å²) in [6, 6.07) is 11.3. The van der Waals surface area contributed by atoms with Gasteiger partial charge in [-0.3, -0.25) is 4.79 Å². The van der Waals surface area contributed by atoms with E-state index in [1.165, 1.54) is 6.20 Å². The van der Waals surface area contributed by atoms with E-state index in [9.17, 15) is 4.79 Å². The van der Waals surface area contributed by atoms with E-state index in [0.717, 1.165) is 11.1 Å². The highest BCUT2D eigenvalue weighted by Gasteiger charge is 2.08. The lowest BCUT2D eigenvalue weighted by Gasteiger charge is -2.05. The zero-order valence-corrected chi connectivity index (χ0v) is 9.69. The number of rotatable bonds is 3. The largest absolute Gasteiger partial charge is 0.481 e. The lowest BCUT2D eigenvalue weighted by atomic mass is 10.1. The van der Waals surface area contributed by atoms with Crippen molar-refractivity contribution in [3.8, 4) is 11.1 Å². The number of carbonyl (C=O) groups is 1. The van der Waals surface area contributed by atoms with E-state index in [0.29, 0.717) is 10.7 Å². The van der Waals surface area contributed by atoms with Crippen LogP contribution in [-0.2, 0) is 11.2 Å². The smallest absolute Gasteiger partial charge is 0.307 e. The minimum Gasteiger partial charge on any atom is -0.481 e. The predicted molar refractivity (Wildman–Crippen MR) is 66.0 cm³/mol. The molecule has 0 unspecified atom stereocenters. The fourth-order valence-electron chi connectivity index (χ4n) is 1.58. The van der Waals surface area contributed by atoms with Crippen LogP contribution in [0.5, 0.6) is 0 Å². The first-order valence-corrected chi connectivity index (χ1v) is 5.46. The van der Waals surface area contributed by atoms with Gasteiger partial charge >= 0.3 is 5.97 Å². The Hall–Kier alpha value is -1.87. The molecule has 0 aliphatic rings. The van der Waals surface area contributed by atoms with Gasteiger partial charge in [-0.1, -0.05) is 41.9 Å². The Morgan fingerprint density at radius 2 is 2.00 bits per heavy atom. The lowest BCUT2D eigenvalue weighted by molar-refractivity contribution is -0.136. The Bertz CT molecular complexity index is 540. The molecule has 0 spiro atoms. The average Bonchev–Trinajstić information content (AvgIpc) is 2.32. The van der Waals surface area contributed by atoms with Crippen LogP contribution in [0, 0.1) is 0 Å². The van der Waals surface area contributed by atoms with Crippen LogP contribution in [0.4, 0.5) is 0 Å². The van der Waals surface area contributed by atoms with Crippen molar-refractivity contribution < 1.29 is 9.90 Å². The number of pyridine rings is 1. The van der Waals surface area contributed by atoms with Crippen molar-refractivity contribution >= 4 is 17.6 Å². The van der Waals surface area contributed by atoms with Gasteiger partial charge in [-0.05, 0) is 17.2 Å². The molecular formula is C13H10ClNO2. The maximum Gasteiger partial charge on any atom is 0.307 e. The van der Waals surface area contributed by atoms with E-state index in [1.807, 2.05) is 30.3 Å². The van der Waals surface area contributed by atoms with E-state index in [2.05, 4.69) is 4.98 Å². The normalized spacial score (nSPS) is 10.2. The second kappa shape index (κ2) is 4.97. The van der Waals surface area contributed by atoms with Crippen LogP contribution < -0.4 is 0 Å². The summed E-state index contributed by atoms with van der Waals surface area (Å²) >= 11 is 6.01. The predicted octanol–water partition coefficient (Wildman–Crippen LogP) is 3.03. The second-order valence-electron chi connectivity index (χ2n) is 3.62. The van der Waals surface area contributed by atoms with Crippen LogP contribution in [0.15, 0.2) is 42.6 Å². The molecule has 0 aliphatic heterocycles. The van der Waals surface area contributed by atoms with Gasteiger partial charge in [-0.25, -0.2) is 4.98 Å². The lowest BCUT2D eigenvalue weighted by Crippen LogP contribution is -2.01. The summed E-state index contributed by atoms with van der Waals surface area (Å²) in [5.41, 5.74) is 2.32. The number of aromatic nitrogens is 1. The summed E-state index contributed by atoms with van der Waals surface area (Å²) in [5, 5.41) is 9.12. The monoisotopic (exact) mass is 247 g/mol. The Labute approximate surface area is 104 Å². The van der Waals surface area contributed by atoms with E-state index >= 15 is 0 Å². The van der Waals surface area contributed by atoms with Crippen LogP contribution in [0.25, 0.3) is 11.1 Å². The molecule has 17 heavy (non-hydrogen) atoms. The highest BCUT2D eigenvalue weighted by Crippen LogP contribution is 2.26. The van der Waals surface area contributed by atoms with Crippen LogP contribution in [0.1, 0.15) is 5.56 Å². The van der Waals surface area contributed by atoms with Crippen molar-refractivity contribution in [3.05, 3.63) is 53.3 Å². The van der Waals surface area contributed by atoms with E-state index in [-0.39, 0.29) is 6.42 Å². The van der Waals surface area contributed by atoms with Gasteiger partial charge in [0, 0.05) is 11.8 Å². The van der Waals surface area contributed by atoms with Crippen molar-refractivity contribution in [2.45, 2.75) is 6.42 Å². The number of halogens is 1. The molecule has 1 heterocycles. The summed E-state index contributed by atoms with van der Waals surface area (Å²) in [5.74, 6) is -0.881. The van der Waals surface area contributed by atoms with Gasteiger partial charge < -0.3 is 5.11 Å². The van der Waals surface area contributed by atoms with Crippen LogP contribution in [-0.4, -0.2) is 16.1 Å². The van der Waals surface area contributed by atoms with Gasteiger partial charge in [-0.15, -0.1) is 0 Å². The molecule has 0 aliphatic carbocycles. The van der Waals surface area contributed by atoms with Gasteiger partial charge in [0.1, 0.15) is 5.15 Å². The summed E-state index contributed by atoms with van der Waals surface area (Å²) < 4.78 is 0. The molecule has 0 radical (unpaired) electrons. The van der Waals surface area contributed by atoms with Crippen molar-refractivity contribution in [1.82, 2.24) is 4.98 Å². The summed E-state index contributed by atoms with van der Waals surface area (Å²) in [4.78, 5) is 14.7. The Balaban J connectivity index is 2.43. The Morgan fingerprint density at radius 3 is 2.65 bits per heavy atom. The quantitative estimate of drug-likeness (QED) is 0.849. The van der Waals surface area contributed by atoms with Crippen LogP contribution in [0.3, 0.4) is 0 Å². The van der Waals surface area contributed by atoms with Crippen molar-refractivity contribution in [3.63, 3.8) is 0 Å². The average molecular weight is 248 g/mol. The Morgan fingerprint density at radius 1 is 1.29 bits per heavy atom. The molecule has 3 nitrogen and oxygen atoms in total. The molecule has 2 rings (SSSR count). The van der Waals surface area contributed by atoms with E-state index in [1.54, 1.807) is 6.07 Å². The molecule has 2 aromatic rings. The number of carboxylic acid groups (broad SMARTS) is 1. The second-order valence-corrected chi connectivity index (χ2v) is 3.98. The molecule has 4 heteroatoms. The maximum absolute atomic E-state index is 10.6. The zero-order valence-electron chi connectivity index (χ0n) is 8.93. The highest BCUT2D eigenvalue weighted by molar-refractivity contribution is 6.32. The van der Waals surface area contributed by atoms with E-state index in [4.69, 9.17) is 16.7 Å². The Kier molecular flexibility index (Phi) is 3.40. The first kappa shape index (κ1) is 11.6. The number of benzene rings is 1. The van der Waals surface area contributed by atoms with Crippen molar-refractivity contribution in [2.75, 3.05) is 0 Å². The summed E-state index contributed by atoms with van der Waals surface area (Å²) in [6.07, 6.45) is 1.44. The molecule has 86 valence electrons. The molecular weight excluding hydrogens is 238 g/mol. The van der Waals surface area contributed by atoms with E-state index < -0.39 is 5.97 Å². The number of hydrogen-bond acceptors (Lipinski definition) is 2. The number of nitrogens with zero attached hydrogens (tertiary/aromatic N) is 1. The molecule has 1 aromatic carbocycles. The van der Waals surface area contributed by atoms with Crippen molar-refractivity contribution in [1.29, 1.82) is 0 Å². The van der Waals surface area contributed by atoms with Gasteiger partial charge in [0.15, 0.2) is 0 Å². The molecule has 0 fully saturated rings. The number of carboxylic acids is 1. The third-order valence-electron chi connectivity index (χ3n) is 2.34. The minimum absolute atomic E-state index is 0.0516. The van der Waals surface area contributed by atoms with Crippen LogP contribution in [0.2, 0.25) is 5.15 Å². The third-order valence-corrected chi connectivity index (χ3v) is 2.64.